The SMILES string of the molecule is CC(C)=CCC/C(C)=C/CCC1(C)C=Cc2c(cc(O)c3c(=O)c4cccc(O)c4oc23)O1. The van der Waals surface area contributed by atoms with Gasteiger partial charge >= 0.3 is 0 Å². The van der Waals surface area contributed by atoms with Crippen molar-refractivity contribution in [1.29, 1.82) is 0 Å². The Kier molecular flexibility index (Phi) is 6.07. The van der Waals surface area contributed by atoms with Crippen LogP contribution in [0.2, 0.25) is 0 Å². The Morgan fingerprint density at radius 2 is 1.85 bits per heavy atom. The van der Waals surface area contributed by atoms with E-state index in [9.17, 15) is 15.0 Å². The maximum absolute atomic E-state index is 13.0. The van der Waals surface area contributed by atoms with E-state index in [1.54, 1.807) is 12.1 Å². The van der Waals surface area contributed by atoms with E-state index in [1.807, 2.05) is 19.1 Å². The summed E-state index contributed by atoms with van der Waals surface area (Å²) in [6, 6.07) is 6.08. The van der Waals surface area contributed by atoms with Gasteiger partial charge in [-0.15, -0.1) is 0 Å². The molecule has 0 fully saturated rings. The van der Waals surface area contributed by atoms with Crippen molar-refractivity contribution in [2.45, 2.75) is 59.0 Å². The predicted octanol–water partition coefficient (Wildman–Crippen LogP) is 6.99. The lowest BCUT2D eigenvalue weighted by Crippen LogP contribution is -2.31. The number of phenols is 2. The summed E-state index contributed by atoms with van der Waals surface area (Å²) in [5.41, 5.74) is 2.63. The van der Waals surface area contributed by atoms with Gasteiger partial charge in [-0.3, -0.25) is 4.79 Å². The summed E-state index contributed by atoms with van der Waals surface area (Å²) in [4.78, 5) is 13.0. The molecule has 2 aromatic carbocycles. The summed E-state index contributed by atoms with van der Waals surface area (Å²) in [5.74, 6) is 0.128. The van der Waals surface area contributed by atoms with Gasteiger partial charge in [0, 0.05) is 6.07 Å². The lowest BCUT2D eigenvalue weighted by atomic mass is 9.93. The Labute approximate surface area is 193 Å². The number of aromatic hydroxyl groups is 2. The summed E-state index contributed by atoms with van der Waals surface area (Å²) in [7, 11) is 0. The minimum Gasteiger partial charge on any atom is -0.507 e. The maximum Gasteiger partial charge on any atom is 0.204 e. The normalized spacial score (nSPS) is 17.8. The molecule has 1 unspecified atom stereocenters. The zero-order valence-corrected chi connectivity index (χ0v) is 19.6. The van der Waals surface area contributed by atoms with Crippen molar-refractivity contribution in [2.75, 3.05) is 0 Å². The third-order valence-electron chi connectivity index (χ3n) is 6.10. The number of ether oxygens (including phenoxy) is 1. The summed E-state index contributed by atoms with van der Waals surface area (Å²) in [5, 5.41) is 21.1. The highest BCUT2D eigenvalue weighted by molar-refractivity contribution is 6.00. The van der Waals surface area contributed by atoms with Crippen molar-refractivity contribution in [2.24, 2.45) is 0 Å². The van der Waals surface area contributed by atoms with E-state index < -0.39 is 11.0 Å². The molecule has 0 radical (unpaired) electrons. The highest BCUT2D eigenvalue weighted by Gasteiger charge is 2.30. The molecule has 0 aliphatic carbocycles. The smallest absolute Gasteiger partial charge is 0.204 e. The van der Waals surface area contributed by atoms with Gasteiger partial charge in [0.1, 0.15) is 22.5 Å². The predicted molar refractivity (Wildman–Crippen MR) is 133 cm³/mol. The van der Waals surface area contributed by atoms with Crippen molar-refractivity contribution < 1.29 is 19.4 Å². The van der Waals surface area contributed by atoms with Crippen molar-refractivity contribution in [1.82, 2.24) is 0 Å². The average Bonchev–Trinajstić information content (AvgIpc) is 2.74. The highest BCUT2D eigenvalue weighted by atomic mass is 16.5. The van der Waals surface area contributed by atoms with E-state index in [4.69, 9.17) is 9.15 Å². The average molecular weight is 447 g/mol. The second kappa shape index (κ2) is 8.81. The van der Waals surface area contributed by atoms with Gasteiger partial charge < -0.3 is 19.4 Å². The molecule has 0 spiro atoms. The third kappa shape index (κ3) is 4.54. The van der Waals surface area contributed by atoms with Crippen LogP contribution in [0, 0.1) is 0 Å². The summed E-state index contributed by atoms with van der Waals surface area (Å²) in [6.45, 7) is 8.38. The molecule has 1 aliphatic rings. The maximum atomic E-state index is 13.0. The van der Waals surface area contributed by atoms with Crippen LogP contribution < -0.4 is 10.2 Å². The molecule has 1 aromatic heterocycles. The van der Waals surface area contributed by atoms with E-state index in [0.29, 0.717) is 11.3 Å². The minimum atomic E-state index is -0.552. The van der Waals surface area contributed by atoms with Crippen molar-refractivity contribution in [3.8, 4) is 17.2 Å². The van der Waals surface area contributed by atoms with E-state index in [1.165, 1.54) is 23.3 Å². The zero-order valence-electron chi connectivity index (χ0n) is 19.6. The molecule has 2 heterocycles. The van der Waals surface area contributed by atoms with Gasteiger partial charge in [0.05, 0.1) is 10.9 Å². The van der Waals surface area contributed by atoms with Crippen molar-refractivity contribution in [3.63, 3.8) is 0 Å². The van der Waals surface area contributed by atoms with Crippen molar-refractivity contribution >= 4 is 28.0 Å². The summed E-state index contributed by atoms with van der Waals surface area (Å²) in [6.07, 6.45) is 12.1. The minimum absolute atomic E-state index is 0.0821. The standard InChI is InChI=1S/C28H30O5/c1-17(2)8-5-9-18(3)10-7-14-28(4)15-13-19-23(33-28)16-22(30)24-25(31)20-11-6-12-21(29)26(20)32-27(19)24/h6,8,10-13,15-16,29-30H,5,7,9,14H2,1-4H3/b18-10+. The fraction of sp³-hybridized carbons (Fsp3) is 0.321. The van der Waals surface area contributed by atoms with Crippen molar-refractivity contribution in [3.05, 3.63) is 69.4 Å². The molecule has 4 rings (SSSR count). The molecular formula is C28H30O5. The lowest BCUT2D eigenvalue weighted by molar-refractivity contribution is 0.128. The third-order valence-corrected chi connectivity index (χ3v) is 6.10. The number of fused-ring (bicyclic) bond motifs is 4. The Balaban J connectivity index is 1.63. The highest BCUT2D eigenvalue weighted by Crippen LogP contribution is 2.42. The first-order valence-corrected chi connectivity index (χ1v) is 11.3. The molecule has 0 bridgehead atoms. The van der Waals surface area contributed by atoms with Crippen LogP contribution >= 0.6 is 0 Å². The monoisotopic (exact) mass is 446 g/mol. The van der Waals surface area contributed by atoms with Crippen LogP contribution in [0.1, 0.15) is 58.9 Å². The molecule has 0 saturated heterocycles. The molecule has 0 amide bonds. The van der Waals surface area contributed by atoms with Crippen LogP contribution in [0.15, 0.2) is 62.9 Å². The number of allylic oxidation sites excluding steroid dienone is 4. The molecule has 1 aliphatic heterocycles. The Morgan fingerprint density at radius 1 is 1.06 bits per heavy atom. The summed E-state index contributed by atoms with van der Waals surface area (Å²) >= 11 is 0. The second-order valence-electron chi connectivity index (χ2n) is 9.25. The lowest BCUT2D eigenvalue weighted by Gasteiger charge is -2.31. The van der Waals surface area contributed by atoms with Crippen LogP contribution in [0.25, 0.3) is 28.0 Å². The number of benzene rings is 2. The number of hydrogen-bond donors (Lipinski definition) is 2. The molecule has 5 nitrogen and oxygen atoms in total. The molecule has 2 N–H and O–H groups in total. The van der Waals surface area contributed by atoms with Crippen LogP contribution in [0.4, 0.5) is 0 Å². The van der Waals surface area contributed by atoms with Gasteiger partial charge in [0.25, 0.3) is 0 Å². The van der Waals surface area contributed by atoms with Gasteiger partial charge in [-0.25, -0.2) is 0 Å². The van der Waals surface area contributed by atoms with Crippen LogP contribution in [-0.4, -0.2) is 15.8 Å². The van der Waals surface area contributed by atoms with Crippen LogP contribution in [0.5, 0.6) is 17.2 Å². The molecule has 5 heteroatoms. The van der Waals surface area contributed by atoms with Gasteiger partial charge in [-0.1, -0.05) is 29.4 Å². The summed E-state index contributed by atoms with van der Waals surface area (Å²) < 4.78 is 12.2. The van der Waals surface area contributed by atoms with Gasteiger partial charge in [0.15, 0.2) is 16.9 Å². The molecule has 172 valence electrons. The van der Waals surface area contributed by atoms with Gasteiger partial charge in [0.2, 0.25) is 5.43 Å². The fourth-order valence-electron chi connectivity index (χ4n) is 4.23. The number of phenolic OH excluding ortho intramolecular Hbond substituents is 2. The molecular weight excluding hydrogens is 416 g/mol. The Hall–Kier alpha value is -3.47. The first-order chi connectivity index (χ1) is 15.7. The number of rotatable bonds is 6. The van der Waals surface area contributed by atoms with E-state index in [-0.39, 0.29) is 33.4 Å². The zero-order chi connectivity index (χ0) is 23.8. The quantitative estimate of drug-likeness (QED) is 0.315. The van der Waals surface area contributed by atoms with Crippen LogP contribution in [-0.2, 0) is 0 Å². The largest absolute Gasteiger partial charge is 0.507 e. The fourth-order valence-corrected chi connectivity index (χ4v) is 4.23. The topological polar surface area (TPSA) is 79.9 Å². The van der Waals surface area contributed by atoms with E-state index >= 15 is 0 Å². The Bertz CT molecular complexity index is 1370. The van der Waals surface area contributed by atoms with E-state index in [0.717, 1.165) is 25.7 Å². The first kappa shape index (κ1) is 22.7. The molecule has 3 aromatic rings. The Morgan fingerprint density at radius 3 is 2.61 bits per heavy atom. The van der Waals surface area contributed by atoms with Gasteiger partial charge in [-0.2, -0.15) is 0 Å². The first-order valence-electron chi connectivity index (χ1n) is 11.3. The second-order valence-corrected chi connectivity index (χ2v) is 9.25. The number of para-hydroxylation sites is 1. The van der Waals surface area contributed by atoms with Crippen LogP contribution in [0.3, 0.4) is 0 Å². The molecule has 33 heavy (non-hydrogen) atoms. The molecule has 1 atom stereocenters. The van der Waals surface area contributed by atoms with E-state index in [2.05, 4.69) is 32.9 Å². The molecule has 0 saturated carbocycles. The van der Waals surface area contributed by atoms with Gasteiger partial charge in [-0.05, 0) is 77.7 Å². The number of hydrogen-bond acceptors (Lipinski definition) is 5.